The van der Waals surface area contributed by atoms with Crippen molar-refractivity contribution in [1.82, 2.24) is 4.40 Å². The minimum atomic E-state index is 0.136. The molecule has 4 heterocycles. The van der Waals surface area contributed by atoms with Gasteiger partial charge < -0.3 is 0 Å². The number of hydrogen-bond donors (Lipinski definition) is 0. The summed E-state index contributed by atoms with van der Waals surface area (Å²) in [5.74, 6) is 0.558. The predicted octanol–water partition coefficient (Wildman–Crippen LogP) is 6.39. The van der Waals surface area contributed by atoms with Gasteiger partial charge in [0.1, 0.15) is 17.3 Å². The quantitative estimate of drug-likeness (QED) is 0.286. The molecule has 0 saturated heterocycles. The molecule has 1 atom stereocenters. The maximum Gasteiger partial charge on any atom is 0.295 e. The summed E-state index contributed by atoms with van der Waals surface area (Å²) in [6.07, 6.45) is 7.16. The first-order valence-electron chi connectivity index (χ1n) is 11.4. The molecule has 2 heteroatoms. The highest BCUT2D eigenvalue weighted by atomic mass is 15.2. The van der Waals surface area contributed by atoms with Crippen molar-refractivity contribution in [2.75, 3.05) is 0 Å². The van der Waals surface area contributed by atoms with Crippen LogP contribution >= 0.6 is 0 Å². The summed E-state index contributed by atoms with van der Waals surface area (Å²) >= 11 is 0. The predicted molar refractivity (Wildman–Crippen MR) is 121 cm³/mol. The second-order valence-electron chi connectivity index (χ2n) is 9.96. The molecule has 0 spiro atoms. The smallest absolute Gasteiger partial charge is 0.223 e. The SMILES string of the molecule is CCC1c2cccc3c4cccc5c4n4c(c[n+](c4c23)C1(CC)CC)C(C)(C)C5. The Labute approximate surface area is 173 Å². The maximum absolute atomic E-state index is 2.72. The number of fused-ring (bicyclic) bond motifs is 1. The molecule has 0 bridgehead atoms. The fourth-order valence-electron chi connectivity index (χ4n) is 7.00. The lowest BCUT2D eigenvalue weighted by molar-refractivity contribution is -0.748. The van der Waals surface area contributed by atoms with E-state index in [0.717, 1.165) is 6.42 Å². The van der Waals surface area contributed by atoms with Gasteiger partial charge in [0.25, 0.3) is 5.65 Å². The van der Waals surface area contributed by atoms with Crippen LogP contribution in [0.2, 0.25) is 0 Å². The zero-order valence-electron chi connectivity index (χ0n) is 18.3. The summed E-state index contributed by atoms with van der Waals surface area (Å²) in [6.45, 7) is 12.0. The average molecular weight is 384 g/mol. The Bertz CT molecular complexity index is 1320. The van der Waals surface area contributed by atoms with Gasteiger partial charge in [-0.2, -0.15) is 4.40 Å². The molecule has 2 aliphatic heterocycles. The number of imidazole rings is 1. The highest BCUT2D eigenvalue weighted by Crippen LogP contribution is 2.50. The molecule has 6 rings (SSSR count). The molecule has 2 aromatic heterocycles. The van der Waals surface area contributed by atoms with Crippen molar-refractivity contribution >= 4 is 27.3 Å². The van der Waals surface area contributed by atoms with Crippen molar-refractivity contribution in [3.63, 3.8) is 0 Å². The Hall–Kier alpha value is -2.35. The van der Waals surface area contributed by atoms with E-state index in [-0.39, 0.29) is 11.0 Å². The Balaban J connectivity index is 1.98. The van der Waals surface area contributed by atoms with Gasteiger partial charge in [-0.05, 0) is 31.2 Å². The van der Waals surface area contributed by atoms with Gasteiger partial charge in [0.05, 0.1) is 5.39 Å². The molecule has 0 aliphatic carbocycles. The zero-order valence-corrected chi connectivity index (χ0v) is 18.3. The first-order chi connectivity index (χ1) is 14.0. The molecule has 0 fully saturated rings. The van der Waals surface area contributed by atoms with Gasteiger partial charge in [0.2, 0.25) is 0 Å². The van der Waals surface area contributed by atoms with E-state index < -0.39 is 0 Å². The standard InChI is InChI=1S/C27H31N2/c1-6-21-20-14-10-12-18-19-13-9-11-17-15-26(4,5)22-16-28(27(21,7-2)8-3)25(23(18)20)29(22)24(17)19/h9-14,16,21H,6-8,15H2,1-5H3/q+1. The number of hydrogen-bond acceptors (Lipinski definition) is 0. The van der Waals surface area contributed by atoms with E-state index in [1.807, 2.05) is 0 Å². The van der Waals surface area contributed by atoms with E-state index in [2.05, 4.69) is 86.2 Å². The normalized spacial score (nSPS) is 21.1. The molecule has 29 heavy (non-hydrogen) atoms. The Morgan fingerprint density at radius 2 is 1.72 bits per heavy atom. The third-order valence-electron chi connectivity index (χ3n) is 8.35. The van der Waals surface area contributed by atoms with E-state index in [4.69, 9.17) is 0 Å². The molecule has 0 amide bonds. The van der Waals surface area contributed by atoms with Gasteiger partial charge >= 0.3 is 0 Å². The molecule has 2 nitrogen and oxygen atoms in total. The second-order valence-corrected chi connectivity index (χ2v) is 9.96. The first kappa shape index (κ1) is 17.5. The fraction of sp³-hybridized carbons (Fsp3) is 0.444. The Morgan fingerprint density at radius 1 is 1.00 bits per heavy atom. The minimum Gasteiger partial charge on any atom is -0.223 e. The van der Waals surface area contributed by atoms with Crippen LogP contribution in [0.3, 0.4) is 0 Å². The Morgan fingerprint density at radius 3 is 2.45 bits per heavy atom. The summed E-state index contributed by atoms with van der Waals surface area (Å²) in [5.41, 5.74) is 7.71. The largest absolute Gasteiger partial charge is 0.295 e. The van der Waals surface area contributed by atoms with Crippen LogP contribution in [0.5, 0.6) is 0 Å². The van der Waals surface area contributed by atoms with Crippen LogP contribution in [-0.2, 0) is 17.4 Å². The molecule has 148 valence electrons. The molecular formula is C27H31N2+. The first-order valence-corrected chi connectivity index (χ1v) is 11.4. The molecule has 0 N–H and O–H groups in total. The van der Waals surface area contributed by atoms with Gasteiger partial charge in [-0.1, -0.05) is 71.0 Å². The van der Waals surface area contributed by atoms with Crippen LogP contribution in [0, 0.1) is 0 Å². The van der Waals surface area contributed by atoms with Crippen molar-refractivity contribution in [3.8, 4) is 0 Å². The highest BCUT2D eigenvalue weighted by molar-refractivity contribution is 6.13. The van der Waals surface area contributed by atoms with E-state index in [9.17, 15) is 0 Å². The number of aromatic nitrogens is 2. The summed E-state index contributed by atoms with van der Waals surface area (Å²) in [4.78, 5) is 0. The van der Waals surface area contributed by atoms with Crippen LogP contribution in [0.25, 0.3) is 27.3 Å². The number of benzene rings is 2. The summed E-state index contributed by atoms with van der Waals surface area (Å²) < 4.78 is 5.36. The number of rotatable bonds is 3. The lowest BCUT2D eigenvalue weighted by Crippen LogP contribution is -2.60. The van der Waals surface area contributed by atoms with E-state index in [0.29, 0.717) is 5.92 Å². The van der Waals surface area contributed by atoms with Crippen LogP contribution in [0.4, 0.5) is 0 Å². The fourth-order valence-corrected chi connectivity index (χ4v) is 7.00. The van der Waals surface area contributed by atoms with Crippen molar-refractivity contribution in [1.29, 1.82) is 0 Å². The monoisotopic (exact) mass is 383 g/mol. The molecule has 0 saturated carbocycles. The van der Waals surface area contributed by atoms with Crippen molar-refractivity contribution < 1.29 is 4.57 Å². The highest BCUT2D eigenvalue weighted by Gasteiger charge is 2.50. The van der Waals surface area contributed by atoms with E-state index in [1.54, 1.807) is 5.56 Å². The van der Waals surface area contributed by atoms with Gasteiger partial charge in [-0.3, -0.25) is 0 Å². The number of nitrogens with zero attached hydrogens (tertiary/aromatic N) is 2. The van der Waals surface area contributed by atoms with E-state index >= 15 is 0 Å². The third kappa shape index (κ3) is 1.83. The molecule has 0 radical (unpaired) electrons. The van der Waals surface area contributed by atoms with Gasteiger partial charge in [0.15, 0.2) is 5.69 Å². The molecule has 2 aliphatic rings. The molecule has 1 unspecified atom stereocenters. The van der Waals surface area contributed by atoms with Gasteiger partial charge in [-0.25, -0.2) is 4.57 Å². The van der Waals surface area contributed by atoms with Crippen molar-refractivity contribution in [2.45, 2.75) is 77.2 Å². The lowest BCUT2D eigenvalue weighted by Gasteiger charge is -2.40. The minimum absolute atomic E-state index is 0.136. The summed E-state index contributed by atoms with van der Waals surface area (Å²) in [7, 11) is 0. The Kier molecular flexibility index (Phi) is 3.27. The molecule has 2 aromatic carbocycles. The van der Waals surface area contributed by atoms with Crippen LogP contribution in [-0.4, -0.2) is 4.40 Å². The molecule has 4 aromatic rings. The zero-order chi connectivity index (χ0) is 20.1. The van der Waals surface area contributed by atoms with Gasteiger partial charge in [-0.15, -0.1) is 0 Å². The maximum atomic E-state index is 2.72. The lowest BCUT2D eigenvalue weighted by atomic mass is 9.71. The summed E-state index contributed by atoms with van der Waals surface area (Å²) in [6, 6.07) is 14.0. The molecular weight excluding hydrogens is 352 g/mol. The van der Waals surface area contributed by atoms with E-state index in [1.165, 1.54) is 57.8 Å². The third-order valence-corrected chi connectivity index (χ3v) is 8.35. The van der Waals surface area contributed by atoms with Crippen LogP contribution in [0.1, 0.15) is 76.6 Å². The van der Waals surface area contributed by atoms with Crippen LogP contribution in [0.15, 0.2) is 42.6 Å². The average Bonchev–Trinajstić information content (AvgIpc) is 3.14. The topological polar surface area (TPSA) is 8.29 Å². The summed E-state index contributed by atoms with van der Waals surface area (Å²) in [5, 5.41) is 4.34. The van der Waals surface area contributed by atoms with Crippen molar-refractivity contribution in [2.24, 2.45) is 0 Å². The number of pyridine rings is 1. The second kappa shape index (κ2) is 5.41. The van der Waals surface area contributed by atoms with Crippen molar-refractivity contribution in [3.05, 3.63) is 59.4 Å². The van der Waals surface area contributed by atoms with Gasteiger partial charge in [0, 0.05) is 27.7 Å². The number of para-hydroxylation sites is 1. The van der Waals surface area contributed by atoms with Crippen LogP contribution < -0.4 is 4.57 Å².